The Kier molecular flexibility index (Phi) is 6.50. The molecule has 0 unspecified atom stereocenters. The van der Waals surface area contributed by atoms with E-state index in [4.69, 9.17) is 9.47 Å². The fraction of sp³-hybridized carbons (Fsp3) is 0.294. The second kappa shape index (κ2) is 8.85. The first-order valence-corrected chi connectivity index (χ1v) is 7.23. The van der Waals surface area contributed by atoms with Crippen molar-refractivity contribution in [3.05, 3.63) is 60.2 Å². The third-order valence-corrected chi connectivity index (χ3v) is 3.22. The van der Waals surface area contributed by atoms with Gasteiger partial charge in [-0.1, -0.05) is 0 Å². The van der Waals surface area contributed by atoms with E-state index in [1.165, 1.54) is 24.3 Å². The van der Waals surface area contributed by atoms with Gasteiger partial charge in [0.1, 0.15) is 11.6 Å². The van der Waals surface area contributed by atoms with E-state index in [2.05, 4.69) is 4.98 Å². The van der Waals surface area contributed by atoms with Crippen LogP contribution >= 0.6 is 0 Å². The molecule has 2 rings (SSSR count). The number of pyridine rings is 1. The number of methoxy groups -OCH3 is 1. The van der Waals surface area contributed by atoms with Crippen LogP contribution in [0.3, 0.4) is 0 Å². The minimum atomic E-state index is -0.344. The Bertz CT molecular complexity index is 605. The second-order valence-electron chi connectivity index (χ2n) is 4.91. The van der Waals surface area contributed by atoms with Crippen molar-refractivity contribution in [1.82, 2.24) is 9.88 Å². The topological polar surface area (TPSA) is 51.7 Å². The number of halogens is 1. The fourth-order valence-corrected chi connectivity index (χ4v) is 1.97. The highest BCUT2D eigenvalue weighted by Gasteiger charge is 2.14. The maximum absolute atomic E-state index is 12.8. The Morgan fingerprint density at radius 3 is 2.52 bits per heavy atom. The van der Waals surface area contributed by atoms with Gasteiger partial charge < -0.3 is 14.4 Å². The smallest absolute Gasteiger partial charge is 0.260 e. The average molecular weight is 318 g/mol. The summed E-state index contributed by atoms with van der Waals surface area (Å²) < 4.78 is 23.3. The van der Waals surface area contributed by atoms with Crippen molar-refractivity contribution in [2.24, 2.45) is 0 Å². The van der Waals surface area contributed by atoms with Crippen LogP contribution in [0.2, 0.25) is 0 Å². The molecule has 1 heterocycles. The summed E-state index contributed by atoms with van der Waals surface area (Å²) >= 11 is 0. The summed E-state index contributed by atoms with van der Waals surface area (Å²) in [6, 6.07) is 9.27. The van der Waals surface area contributed by atoms with Crippen LogP contribution < -0.4 is 4.74 Å². The summed E-state index contributed by atoms with van der Waals surface area (Å²) in [5.41, 5.74) is 0.978. The lowest BCUT2D eigenvalue weighted by atomic mass is 10.2. The van der Waals surface area contributed by atoms with Crippen LogP contribution in [0, 0.1) is 5.82 Å². The van der Waals surface area contributed by atoms with Crippen molar-refractivity contribution in [3.8, 4) is 5.75 Å². The van der Waals surface area contributed by atoms with Gasteiger partial charge >= 0.3 is 0 Å². The van der Waals surface area contributed by atoms with E-state index in [0.717, 1.165) is 5.56 Å². The molecule has 0 aliphatic rings. The molecule has 0 fully saturated rings. The maximum Gasteiger partial charge on any atom is 0.260 e. The van der Waals surface area contributed by atoms with Gasteiger partial charge in [-0.15, -0.1) is 0 Å². The molecule has 1 aromatic heterocycles. The Hall–Kier alpha value is -2.47. The molecule has 0 atom stereocenters. The summed E-state index contributed by atoms with van der Waals surface area (Å²) in [7, 11) is 1.59. The number of nitrogens with zero attached hydrogens (tertiary/aromatic N) is 2. The molecule has 0 saturated heterocycles. The fourth-order valence-electron chi connectivity index (χ4n) is 1.97. The van der Waals surface area contributed by atoms with Crippen LogP contribution in [-0.4, -0.2) is 42.7 Å². The first kappa shape index (κ1) is 16.9. The van der Waals surface area contributed by atoms with Gasteiger partial charge in [0.15, 0.2) is 6.61 Å². The Morgan fingerprint density at radius 2 is 1.87 bits per heavy atom. The third kappa shape index (κ3) is 5.67. The molecule has 6 heteroatoms. The first-order valence-electron chi connectivity index (χ1n) is 7.23. The largest absolute Gasteiger partial charge is 0.484 e. The summed E-state index contributed by atoms with van der Waals surface area (Å²) in [5.74, 6) is -0.0541. The van der Waals surface area contributed by atoms with E-state index < -0.39 is 0 Å². The first-order chi connectivity index (χ1) is 11.2. The molecule has 1 aromatic carbocycles. The lowest BCUT2D eigenvalue weighted by Crippen LogP contribution is -2.36. The van der Waals surface area contributed by atoms with Gasteiger partial charge in [0.25, 0.3) is 5.91 Å². The Labute approximate surface area is 134 Å². The van der Waals surface area contributed by atoms with Crippen molar-refractivity contribution in [2.45, 2.75) is 6.54 Å². The number of rotatable bonds is 8. The number of aromatic nitrogens is 1. The molecule has 5 nitrogen and oxygen atoms in total. The van der Waals surface area contributed by atoms with E-state index >= 15 is 0 Å². The van der Waals surface area contributed by atoms with Crippen molar-refractivity contribution in [3.63, 3.8) is 0 Å². The van der Waals surface area contributed by atoms with Crippen molar-refractivity contribution >= 4 is 5.91 Å². The predicted molar refractivity (Wildman–Crippen MR) is 83.4 cm³/mol. The van der Waals surface area contributed by atoms with Crippen molar-refractivity contribution in [1.29, 1.82) is 0 Å². The molecule has 0 bridgehead atoms. The number of carbonyl (C=O) groups excluding carboxylic acids is 1. The number of ether oxygens (including phenoxy) is 2. The minimum Gasteiger partial charge on any atom is -0.484 e. The molecule has 122 valence electrons. The van der Waals surface area contributed by atoms with Gasteiger partial charge in [-0.3, -0.25) is 9.78 Å². The average Bonchev–Trinajstić information content (AvgIpc) is 2.58. The van der Waals surface area contributed by atoms with Gasteiger partial charge in [-0.25, -0.2) is 4.39 Å². The van der Waals surface area contributed by atoms with Crippen molar-refractivity contribution < 1.29 is 18.7 Å². The second-order valence-corrected chi connectivity index (χ2v) is 4.91. The maximum atomic E-state index is 12.8. The highest BCUT2D eigenvalue weighted by Crippen LogP contribution is 2.11. The number of carbonyl (C=O) groups is 1. The van der Waals surface area contributed by atoms with Gasteiger partial charge in [-0.2, -0.15) is 0 Å². The zero-order valence-electron chi connectivity index (χ0n) is 12.9. The lowest BCUT2D eigenvalue weighted by Gasteiger charge is -2.22. The molecular weight excluding hydrogens is 299 g/mol. The molecule has 0 saturated carbocycles. The van der Waals surface area contributed by atoms with Crippen LogP contribution in [-0.2, 0) is 16.1 Å². The lowest BCUT2D eigenvalue weighted by molar-refractivity contribution is -0.134. The number of benzene rings is 1. The molecule has 2 aromatic rings. The third-order valence-electron chi connectivity index (χ3n) is 3.22. The molecule has 0 aliphatic carbocycles. The Morgan fingerprint density at radius 1 is 1.17 bits per heavy atom. The quantitative estimate of drug-likeness (QED) is 0.749. The Balaban J connectivity index is 1.94. The summed E-state index contributed by atoms with van der Waals surface area (Å²) in [5, 5.41) is 0. The van der Waals surface area contributed by atoms with Crippen LogP contribution in [0.4, 0.5) is 4.39 Å². The monoisotopic (exact) mass is 318 g/mol. The molecule has 0 spiro atoms. The SMILES string of the molecule is COCCN(Cc1ccncc1)C(=O)COc1ccc(F)cc1. The van der Waals surface area contributed by atoms with E-state index in [-0.39, 0.29) is 18.3 Å². The predicted octanol–water partition coefficient (Wildman–Crippen LogP) is 2.27. The van der Waals surface area contributed by atoms with E-state index in [1.807, 2.05) is 12.1 Å². The molecule has 0 N–H and O–H groups in total. The number of amides is 1. The summed E-state index contributed by atoms with van der Waals surface area (Å²) in [6.45, 7) is 1.25. The highest BCUT2D eigenvalue weighted by atomic mass is 19.1. The van der Waals surface area contributed by atoms with Crippen LogP contribution in [0.1, 0.15) is 5.56 Å². The highest BCUT2D eigenvalue weighted by molar-refractivity contribution is 5.77. The standard InChI is InChI=1S/C17H19FN2O3/c1-22-11-10-20(12-14-6-8-19-9-7-14)17(21)13-23-16-4-2-15(18)3-5-16/h2-9H,10-13H2,1H3. The number of hydrogen-bond donors (Lipinski definition) is 0. The number of hydrogen-bond acceptors (Lipinski definition) is 4. The van der Waals surface area contributed by atoms with Gasteiger partial charge in [0.2, 0.25) is 0 Å². The van der Waals surface area contributed by atoms with Crippen LogP contribution in [0.5, 0.6) is 5.75 Å². The summed E-state index contributed by atoms with van der Waals surface area (Å²) in [4.78, 5) is 18.0. The minimum absolute atomic E-state index is 0.111. The van der Waals surface area contributed by atoms with Crippen molar-refractivity contribution in [2.75, 3.05) is 26.9 Å². The van der Waals surface area contributed by atoms with Gasteiger partial charge in [-0.05, 0) is 42.0 Å². The van der Waals surface area contributed by atoms with Crippen LogP contribution in [0.25, 0.3) is 0 Å². The molecule has 0 aliphatic heterocycles. The zero-order valence-corrected chi connectivity index (χ0v) is 12.9. The zero-order chi connectivity index (χ0) is 16.5. The van der Waals surface area contributed by atoms with Gasteiger partial charge in [0, 0.05) is 32.6 Å². The molecule has 1 amide bonds. The summed E-state index contributed by atoms with van der Waals surface area (Å²) in [6.07, 6.45) is 3.37. The molecule has 23 heavy (non-hydrogen) atoms. The van der Waals surface area contributed by atoms with E-state index in [0.29, 0.717) is 25.4 Å². The normalized spacial score (nSPS) is 10.3. The van der Waals surface area contributed by atoms with Crippen LogP contribution in [0.15, 0.2) is 48.8 Å². The molecular formula is C17H19FN2O3. The molecule has 0 radical (unpaired) electrons. The van der Waals surface area contributed by atoms with E-state index in [1.54, 1.807) is 24.4 Å². The van der Waals surface area contributed by atoms with E-state index in [9.17, 15) is 9.18 Å². The van der Waals surface area contributed by atoms with Gasteiger partial charge in [0.05, 0.1) is 6.61 Å².